The van der Waals surface area contributed by atoms with E-state index < -0.39 is 5.60 Å². The highest BCUT2D eigenvalue weighted by atomic mass is 16.6. The van der Waals surface area contributed by atoms with Crippen LogP contribution in [-0.2, 0) is 9.53 Å². The third-order valence-corrected chi connectivity index (χ3v) is 4.24. The molecule has 0 fully saturated rings. The van der Waals surface area contributed by atoms with Gasteiger partial charge in [-0.3, -0.25) is 4.79 Å². The lowest BCUT2D eigenvalue weighted by molar-refractivity contribution is -0.159. The van der Waals surface area contributed by atoms with E-state index in [0.29, 0.717) is 6.42 Å². The van der Waals surface area contributed by atoms with E-state index in [4.69, 9.17) is 4.74 Å². The molecule has 2 atom stereocenters. The van der Waals surface area contributed by atoms with Crippen molar-refractivity contribution in [2.75, 3.05) is 0 Å². The van der Waals surface area contributed by atoms with Gasteiger partial charge in [0.2, 0.25) is 0 Å². The van der Waals surface area contributed by atoms with Gasteiger partial charge in [-0.05, 0) is 46.0 Å². The summed E-state index contributed by atoms with van der Waals surface area (Å²) in [6.45, 7) is 10.1. The molecule has 0 aliphatic carbocycles. The predicted octanol–water partition coefficient (Wildman–Crippen LogP) is 4.61. The van der Waals surface area contributed by atoms with Crippen molar-refractivity contribution in [2.45, 2.75) is 104 Å². The van der Waals surface area contributed by atoms with E-state index in [1.165, 1.54) is 0 Å². The molecule has 0 amide bonds. The molecule has 0 aromatic heterocycles. The van der Waals surface area contributed by atoms with Crippen molar-refractivity contribution in [3.63, 3.8) is 0 Å². The number of hydrogen-bond acceptors (Lipinski definition) is 3. The molecular formula is C17H34O3. The summed E-state index contributed by atoms with van der Waals surface area (Å²) in [6, 6.07) is 0. The highest BCUT2D eigenvalue weighted by molar-refractivity contribution is 5.69. The molecule has 120 valence electrons. The van der Waals surface area contributed by atoms with Crippen LogP contribution in [0.2, 0.25) is 0 Å². The number of hydrogen-bond donors (Lipinski definition) is 1. The summed E-state index contributed by atoms with van der Waals surface area (Å²) < 4.78 is 5.61. The Bertz CT molecular complexity index is 273. The van der Waals surface area contributed by atoms with Crippen LogP contribution in [-0.4, -0.2) is 22.3 Å². The molecule has 0 radical (unpaired) electrons. The van der Waals surface area contributed by atoms with E-state index in [1.54, 1.807) is 0 Å². The minimum atomic E-state index is -0.553. The van der Waals surface area contributed by atoms with Crippen molar-refractivity contribution in [3.05, 3.63) is 0 Å². The van der Waals surface area contributed by atoms with E-state index in [1.807, 2.05) is 20.8 Å². The van der Waals surface area contributed by atoms with E-state index in [0.717, 1.165) is 51.4 Å². The molecule has 3 heteroatoms. The zero-order valence-electron chi connectivity index (χ0n) is 14.1. The molecule has 0 heterocycles. The van der Waals surface area contributed by atoms with Crippen molar-refractivity contribution < 1.29 is 14.6 Å². The lowest BCUT2D eigenvalue weighted by atomic mass is 9.95. The Morgan fingerprint density at radius 2 is 1.65 bits per heavy atom. The van der Waals surface area contributed by atoms with Gasteiger partial charge >= 0.3 is 5.97 Å². The molecule has 0 aliphatic rings. The molecule has 0 bridgehead atoms. The Morgan fingerprint density at radius 1 is 1.00 bits per heavy atom. The molecule has 0 saturated carbocycles. The summed E-state index contributed by atoms with van der Waals surface area (Å²) >= 11 is 0. The monoisotopic (exact) mass is 286 g/mol. The first-order chi connectivity index (χ1) is 9.28. The number of carbonyl (C=O) groups is 1. The van der Waals surface area contributed by atoms with Crippen LogP contribution in [0.3, 0.4) is 0 Å². The van der Waals surface area contributed by atoms with E-state index in [-0.39, 0.29) is 11.6 Å². The Labute approximate surface area is 125 Å². The fraction of sp³-hybridized carbons (Fsp3) is 0.941. The Balaban J connectivity index is 3.84. The molecule has 20 heavy (non-hydrogen) atoms. The number of aliphatic hydroxyl groups is 1. The summed E-state index contributed by atoms with van der Waals surface area (Å²) in [5, 5.41) is 9.88. The lowest BCUT2D eigenvalue weighted by Crippen LogP contribution is -2.30. The van der Waals surface area contributed by atoms with Crippen molar-refractivity contribution in [3.8, 4) is 0 Å². The first-order valence-corrected chi connectivity index (χ1v) is 8.23. The Kier molecular flexibility index (Phi) is 9.11. The summed E-state index contributed by atoms with van der Waals surface area (Å²) in [6.07, 6.45) is 7.69. The fourth-order valence-corrected chi connectivity index (χ4v) is 2.28. The van der Waals surface area contributed by atoms with Crippen LogP contribution in [0, 0.1) is 0 Å². The topological polar surface area (TPSA) is 46.5 Å². The van der Waals surface area contributed by atoms with Crippen molar-refractivity contribution >= 4 is 5.97 Å². The molecule has 0 aromatic rings. The average Bonchev–Trinajstić information content (AvgIpc) is 2.38. The van der Waals surface area contributed by atoms with Gasteiger partial charge in [0, 0.05) is 6.42 Å². The Hall–Kier alpha value is -0.570. The zero-order chi connectivity index (χ0) is 15.6. The van der Waals surface area contributed by atoms with Crippen molar-refractivity contribution in [2.24, 2.45) is 0 Å². The van der Waals surface area contributed by atoms with Gasteiger partial charge in [-0.2, -0.15) is 0 Å². The second kappa shape index (κ2) is 9.38. The van der Waals surface area contributed by atoms with E-state index >= 15 is 0 Å². The Morgan fingerprint density at radius 3 is 2.15 bits per heavy atom. The van der Waals surface area contributed by atoms with Gasteiger partial charge in [-0.25, -0.2) is 0 Å². The normalized spacial score (nSPS) is 17.3. The van der Waals surface area contributed by atoms with Gasteiger partial charge in [0.25, 0.3) is 0 Å². The molecule has 3 nitrogen and oxygen atoms in total. The first-order valence-electron chi connectivity index (χ1n) is 8.23. The van der Waals surface area contributed by atoms with Gasteiger partial charge in [0.15, 0.2) is 0 Å². The van der Waals surface area contributed by atoms with Crippen molar-refractivity contribution in [1.29, 1.82) is 0 Å². The quantitative estimate of drug-likeness (QED) is 0.445. The summed E-state index contributed by atoms with van der Waals surface area (Å²) in [5.74, 6) is -0.0787. The smallest absolute Gasteiger partial charge is 0.306 e. The molecule has 0 aliphatic heterocycles. The van der Waals surface area contributed by atoms with E-state index in [9.17, 15) is 9.90 Å². The first kappa shape index (κ1) is 19.4. The van der Waals surface area contributed by atoms with Crippen LogP contribution >= 0.6 is 0 Å². The molecule has 0 saturated heterocycles. The van der Waals surface area contributed by atoms with Gasteiger partial charge in [0.05, 0.1) is 5.60 Å². The molecule has 0 spiro atoms. The number of unbranched alkanes of at least 4 members (excludes halogenated alkanes) is 2. The third-order valence-electron chi connectivity index (χ3n) is 4.24. The molecule has 0 rings (SSSR count). The standard InChI is InChI=1S/C17H34O3/c1-6-13-17(5,8-3)20-15(18)12-10-9-11-14-16(4,19)7-2/h19H,6-14H2,1-5H3. The minimum absolute atomic E-state index is 0.0787. The molecule has 1 N–H and O–H groups in total. The summed E-state index contributed by atoms with van der Waals surface area (Å²) in [4.78, 5) is 11.8. The maximum Gasteiger partial charge on any atom is 0.306 e. The van der Waals surface area contributed by atoms with Crippen molar-refractivity contribution in [1.82, 2.24) is 0 Å². The van der Waals surface area contributed by atoms with Gasteiger partial charge < -0.3 is 9.84 Å². The minimum Gasteiger partial charge on any atom is -0.459 e. The summed E-state index contributed by atoms with van der Waals surface area (Å²) in [5.41, 5.74) is -0.847. The highest BCUT2D eigenvalue weighted by Gasteiger charge is 2.25. The van der Waals surface area contributed by atoms with Gasteiger partial charge in [-0.1, -0.05) is 40.0 Å². The molecule has 0 aromatic carbocycles. The maximum atomic E-state index is 11.8. The largest absolute Gasteiger partial charge is 0.459 e. The predicted molar refractivity (Wildman–Crippen MR) is 83.7 cm³/mol. The molecular weight excluding hydrogens is 252 g/mol. The van der Waals surface area contributed by atoms with Crippen LogP contribution < -0.4 is 0 Å². The number of carbonyl (C=O) groups excluding carboxylic acids is 1. The third kappa shape index (κ3) is 8.57. The van der Waals surface area contributed by atoms with Gasteiger partial charge in [-0.15, -0.1) is 0 Å². The maximum absolute atomic E-state index is 11.8. The van der Waals surface area contributed by atoms with Crippen LogP contribution in [0.15, 0.2) is 0 Å². The van der Waals surface area contributed by atoms with Crippen LogP contribution in [0.1, 0.15) is 92.4 Å². The van der Waals surface area contributed by atoms with Crippen LogP contribution in [0.5, 0.6) is 0 Å². The number of esters is 1. The van der Waals surface area contributed by atoms with Gasteiger partial charge in [0.1, 0.15) is 5.60 Å². The zero-order valence-corrected chi connectivity index (χ0v) is 14.1. The number of rotatable bonds is 11. The van der Waals surface area contributed by atoms with Crippen LogP contribution in [0.25, 0.3) is 0 Å². The highest BCUT2D eigenvalue weighted by Crippen LogP contribution is 2.23. The second-order valence-corrected chi connectivity index (χ2v) is 6.44. The molecule has 2 unspecified atom stereocenters. The lowest BCUT2D eigenvalue weighted by Gasteiger charge is -2.28. The SMILES string of the molecule is CCCC(C)(CC)OC(=O)CCCCCC(C)(O)CC. The average molecular weight is 286 g/mol. The summed E-state index contributed by atoms with van der Waals surface area (Å²) in [7, 11) is 0. The fourth-order valence-electron chi connectivity index (χ4n) is 2.28. The van der Waals surface area contributed by atoms with E-state index in [2.05, 4.69) is 13.8 Å². The number of ether oxygens (including phenoxy) is 1. The van der Waals surface area contributed by atoms with Crippen LogP contribution in [0.4, 0.5) is 0 Å². The second-order valence-electron chi connectivity index (χ2n) is 6.44.